The van der Waals surface area contributed by atoms with Crippen LogP contribution in [0.5, 0.6) is 0 Å². The van der Waals surface area contributed by atoms with Crippen molar-refractivity contribution in [2.45, 2.75) is 116 Å². The summed E-state index contributed by atoms with van der Waals surface area (Å²) in [6.07, 6.45) is 2.78. The molecule has 0 spiro atoms. The van der Waals surface area contributed by atoms with E-state index < -0.39 is 16.6 Å². The van der Waals surface area contributed by atoms with Crippen LogP contribution in [0.15, 0.2) is 15.5 Å². The SMILES string of the molecule is CCOC(=O)c1csc([C@H](C)[C@H](C[C@@H](/C=C/I)O[Si](C)(C)C(C)(C)C)O[Si](C)(C)C(C)(C)C)n1. The molecule has 0 aliphatic rings. The Balaban J connectivity index is 3.32. The van der Waals surface area contributed by atoms with E-state index in [0.29, 0.717) is 12.3 Å². The highest BCUT2D eigenvalue weighted by Crippen LogP contribution is 2.42. The minimum atomic E-state index is -2.06. The summed E-state index contributed by atoms with van der Waals surface area (Å²) in [6, 6.07) is 0. The summed E-state index contributed by atoms with van der Waals surface area (Å²) >= 11 is 3.77. The van der Waals surface area contributed by atoms with Crippen LogP contribution >= 0.6 is 33.9 Å². The Morgan fingerprint density at radius 2 is 1.62 bits per heavy atom. The van der Waals surface area contributed by atoms with Crippen LogP contribution in [0, 0.1) is 0 Å². The summed E-state index contributed by atoms with van der Waals surface area (Å²) in [5.41, 5.74) is 0.376. The van der Waals surface area contributed by atoms with Gasteiger partial charge in [-0.3, -0.25) is 0 Å². The Morgan fingerprint density at radius 3 is 2.09 bits per heavy atom. The number of esters is 1. The van der Waals surface area contributed by atoms with Crippen molar-refractivity contribution in [2.75, 3.05) is 6.61 Å². The number of carbonyl (C=O) groups is 1. The number of nitrogens with zero attached hydrogens (tertiary/aromatic N) is 1. The molecule has 1 aromatic rings. The van der Waals surface area contributed by atoms with E-state index in [0.717, 1.165) is 11.4 Å². The molecule has 0 aliphatic heterocycles. The average Bonchev–Trinajstić information content (AvgIpc) is 3.15. The lowest BCUT2D eigenvalue weighted by Gasteiger charge is -2.43. The molecule has 5 nitrogen and oxygen atoms in total. The summed E-state index contributed by atoms with van der Waals surface area (Å²) in [5.74, 6) is -0.346. The van der Waals surface area contributed by atoms with Crippen LogP contribution in [0.1, 0.15) is 83.2 Å². The first-order valence-corrected chi connectivity index (χ1v) is 20.1. The lowest BCUT2D eigenvalue weighted by atomic mass is 10.00. The molecule has 0 saturated heterocycles. The van der Waals surface area contributed by atoms with Gasteiger partial charge in [0.15, 0.2) is 22.3 Å². The zero-order valence-corrected chi connectivity index (χ0v) is 28.2. The molecule has 0 amide bonds. The minimum absolute atomic E-state index is 0.0235. The summed E-state index contributed by atoms with van der Waals surface area (Å²) in [6.45, 7) is 27.0. The van der Waals surface area contributed by atoms with E-state index in [4.69, 9.17) is 13.6 Å². The second kappa shape index (κ2) is 12.4. The van der Waals surface area contributed by atoms with Crippen LogP contribution in [0.25, 0.3) is 0 Å². The van der Waals surface area contributed by atoms with Gasteiger partial charge in [-0.25, -0.2) is 9.78 Å². The lowest BCUT2D eigenvalue weighted by Crippen LogP contribution is -2.48. The number of hydrogen-bond donors (Lipinski definition) is 0. The summed E-state index contributed by atoms with van der Waals surface area (Å²) in [7, 11) is -4.04. The van der Waals surface area contributed by atoms with Gasteiger partial charge in [0, 0.05) is 17.7 Å². The van der Waals surface area contributed by atoms with E-state index in [2.05, 4.69) is 108 Å². The first-order valence-electron chi connectivity index (χ1n) is 12.1. The molecule has 0 saturated carbocycles. The van der Waals surface area contributed by atoms with Gasteiger partial charge in [-0.2, -0.15) is 0 Å². The molecule has 0 N–H and O–H groups in total. The number of rotatable bonds is 11. The van der Waals surface area contributed by atoms with Gasteiger partial charge in [-0.15, -0.1) is 11.3 Å². The number of carbonyl (C=O) groups excluding carboxylic acids is 1. The van der Waals surface area contributed by atoms with E-state index in [-0.39, 0.29) is 34.2 Å². The van der Waals surface area contributed by atoms with Gasteiger partial charge < -0.3 is 13.6 Å². The Morgan fingerprint density at radius 1 is 1.09 bits per heavy atom. The fraction of sp³-hybridized carbons (Fsp3) is 0.760. The quantitative estimate of drug-likeness (QED) is 0.138. The van der Waals surface area contributed by atoms with Crippen LogP contribution in [-0.4, -0.2) is 46.4 Å². The highest BCUT2D eigenvalue weighted by Gasteiger charge is 2.43. The van der Waals surface area contributed by atoms with Crippen molar-refractivity contribution in [1.82, 2.24) is 4.98 Å². The zero-order valence-electron chi connectivity index (χ0n) is 23.2. The zero-order chi connectivity index (χ0) is 26.5. The summed E-state index contributed by atoms with van der Waals surface area (Å²) in [5, 5.41) is 2.90. The predicted molar refractivity (Wildman–Crippen MR) is 158 cm³/mol. The fourth-order valence-corrected chi connectivity index (χ4v) is 6.95. The van der Waals surface area contributed by atoms with Crippen LogP contribution in [-0.2, 0) is 13.6 Å². The molecule has 0 bridgehead atoms. The monoisotopic (exact) mass is 639 g/mol. The van der Waals surface area contributed by atoms with E-state index in [1.807, 2.05) is 4.08 Å². The van der Waals surface area contributed by atoms with Gasteiger partial charge in [0.25, 0.3) is 0 Å². The van der Waals surface area contributed by atoms with Gasteiger partial charge >= 0.3 is 5.97 Å². The Labute approximate surface area is 227 Å². The molecule has 0 unspecified atom stereocenters. The van der Waals surface area contributed by atoms with Crippen LogP contribution in [0.4, 0.5) is 0 Å². The second-order valence-corrected chi connectivity index (χ2v) is 23.1. The minimum Gasteiger partial charge on any atom is -0.461 e. The maximum atomic E-state index is 12.2. The van der Waals surface area contributed by atoms with Crippen molar-refractivity contribution < 1.29 is 18.4 Å². The molecule has 3 atom stereocenters. The third-order valence-electron chi connectivity index (χ3n) is 7.21. The summed E-state index contributed by atoms with van der Waals surface area (Å²) in [4.78, 5) is 16.8. The number of thiazole rings is 1. The first kappa shape index (κ1) is 32.0. The standard InChI is InChI=1S/C25H46INO4SSi2/c1-13-29-23(28)20-17-32-22(27-20)18(2)21(31-34(11,12)25(6,7)8)16-19(14-15-26)30-33(9,10)24(3,4)5/h14-15,17-19,21H,13,16H2,1-12H3/b15-14+/t18-,19-,21+/m1/s1. The van der Waals surface area contributed by atoms with Crippen molar-refractivity contribution in [3.63, 3.8) is 0 Å². The molecular formula is C25H46INO4SSi2. The summed E-state index contributed by atoms with van der Waals surface area (Å²) < 4.78 is 21.0. The molecule has 1 aromatic heterocycles. The number of aromatic nitrogens is 1. The van der Waals surface area contributed by atoms with Crippen molar-refractivity contribution in [2.24, 2.45) is 0 Å². The maximum absolute atomic E-state index is 12.2. The molecule has 0 aromatic carbocycles. The molecule has 1 rings (SSSR count). The highest BCUT2D eigenvalue weighted by atomic mass is 127. The molecule has 0 radical (unpaired) electrons. The smallest absolute Gasteiger partial charge is 0.357 e. The Bertz CT molecular complexity index is 828. The van der Waals surface area contributed by atoms with Crippen molar-refractivity contribution in [1.29, 1.82) is 0 Å². The number of ether oxygens (including phenoxy) is 1. The molecular weight excluding hydrogens is 593 g/mol. The van der Waals surface area contributed by atoms with Crippen LogP contribution in [0.3, 0.4) is 0 Å². The highest BCUT2D eigenvalue weighted by molar-refractivity contribution is 14.1. The Kier molecular flexibility index (Phi) is 11.7. The Hall–Kier alpha value is -0.0762. The first-order chi connectivity index (χ1) is 15.4. The fourth-order valence-electron chi connectivity index (χ4n) is 2.90. The molecule has 196 valence electrons. The molecule has 0 fully saturated rings. The molecule has 1 heterocycles. The van der Waals surface area contributed by atoms with Gasteiger partial charge in [0.2, 0.25) is 0 Å². The largest absolute Gasteiger partial charge is 0.461 e. The van der Waals surface area contributed by atoms with Gasteiger partial charge in [0.1, 0.15) is 0 Å². The lowest BCUT2D eigenvalue weighted by molar-refractivity contribution is 0.0519. The predicted octanol–water partition coefficient (Wildman–Crippen LogP) is 8.54. The third kappa shape index (κ3) is 8.79. The van der Waals surface area contributed by atoms with Crippen molar-refractivity contribution in [3.8, 4) is 0 Å². The van der Waals surface area contributed by atoms with Crippen molar-refractivity contribution in [3.05, 3.63) is 26.2 Å². The number of hydrogen-bond acceptors (Lipinski definition) is 6. The van der Waals surface area contributed by atoms with Crippen LogP contribution < -0.4 is 0 Å². The second-order valence-electron chi connectivity index (χ2n) is 12.0. The van der Waals surface area contributed by atoms with E-state index in [9.17, 15) is 4.79 Å². The average molecular weight is 640 g/mol. The van der Waals surface area contributed by atoms with Gasteiger partial charge in [-0.05, 0) is 47.3 Å². The topological polar surface area (TPSA) is 57.7 Å². The van der Waals surface area contributed by atoms with Crippen LogP contribution in [0.2, 0.25) is 36.3 Å². The van der Waals surface area contributed by atoms with E-state index in [1.54, 1.807) is 12.3 Å². The third-order valence-corrected chi connectivity index (χ3v) is 17.7. The normalized spacial score (nSPS) is 16.5. The maximum Gasteiger partial charge on any atom is 0.357 e. The molecule has 9 heteroatoms. The van der Waals surface area contributed by atoms with E-state index in [1.165, 1.54) is 11.3 Å². The molecule has 34 heavy (non-hydrogen) atoms. The van der Waals surface area contributed by atoms with Gasteiger partial charge in [-0.1, -0.05) is 77.1 Å². The van der Waals surface area contributed by atoms with E-state index >= 15 is 0 Å². The van der Waals surface area contributed by atoms with Crippen molar-refractivity contribution >= 4 is 56.5 Å². The number of halogens is 1. The van der Waals surface area contributed by atoms with Gasteiger partial charge in [0.05, 0.1) is 23.8 Å². The molecule has 0 aliphatic carbocycles.